The van der Waals surface area contributed by atoms with Crippen LogP contribution in [0.5, 0.6) is 5.75 Å². The lowest BCUT2D eigenvalue weighted by Gasteiger charge is -2.34. The molecule has 0 radical (unpaired) electrons. The van der Waals surface area contributed by atoms with Gasteiger partial charge in [-0.15, -0.1) is 0 Å². The van der Waals surface area contributed by atoms with Crippen LogP contribution in [0.2, 0.25) is 0 Å². The molecule has 2 fully saturated rings. The molecule has 4 nitrogen and oxygen atoms in total. The maximum absolute atomic E-state index is 5.91. The zero-order valence-corrected chi connectivity index (χ0v) is 20.4. The van der Waals surface area contributed by atoms with Gasteiger partial charge >= 0.3 is 0 Å². The summed E-state index contributed by atoms with van der Waals surface area (Å²) in [6.07, 6.45) is 7.67. The third-order valence-corrected chi connectivity index (χ3v) is 7.12. The first-order valence-electron chi connectivity index (χ1n) is 12.1. The Balaban J connectivity index is 1.54. The normalized spacial score (nSPS) is 27.1. The molecule has 34 heavy (non-hydrogen) atoms. The Morgan fingerprint density at radius 1 is 0.971 bits per heavy atom. The van der Waals surface area contributed by atoms with Crippen LogP contribution in [0.4, 0.5) is 0 Å². The third-order valence-electron chi connectivity index (χ3n) is 7.12. The van der Waals surface area contributed by atoms with E-state index in [4.69, 9.17) is 18.9 Å². The number of hydrogen-bond donors (Lipinski definition) is 0. The van der Waals surface area contributed by atoms with Gasteiger partial charge in [-0.3, -0.25) is 0 Å². The molecular weight excluding hydrogens is 424 g/mol. The van der Waals surface area contributed by atoms with E-state index in [2.05, 4.69) is 81.1 Å². The van der Waals surface area contributed by atoms with Crippen molar-refractivity contribution in [2.45, 2.75) is 50.2 Å². The highest BCUT2D eigenvalue weighted by molar-refractivity contribution is 5.61. The van der Waals surface area contributed by atoms with Crippen molar-refractivity contribution in [1.82, 2.24) is 0 Å². The van der Waals surface area contributed by atoms with Crippen molar-refractivity contribution in [1.29, 1.82) is 0 Å². The van der Waals surface area contributed by atoms with Crippen LogP contribution in [0.3, 0.4) is 0 Å². The number of ether oxygens (including phenoxy) is 4. The summed E-state index contributed by atoms with van der Waals surface area (Å²) < 4.78 is 22.3. The van der Waals surface area contributed by atoms with Gasteiger partial charge in [0.1, 0.15) is 31.2 Å². The lowest BCUT2D eigenvalue weighted by atomic mass is 9.68. The molecule has 3 aliphatic rings. The second-order valence-corrected chi connectivity index (χ2v) is 10.2. The largest absolute Gasteiger partial charge is 0.495 e. The van der Waals surface area contributed by atoms with Crippen LogP contribution in [-0.2, 0) is 25.0 Å². The van der Waals surface area contributed by atoms with Crippen molar-refractivity contribution in [2.24, 2.45) is 0 Å². The van der Waals surface area contributed by atoms with Gasteiger partial charge < -0.3 is 18.9 Å². The predicted molar refractivity (Wildman–Crippen MR) is 134 cm³/mol. The zero-order valence-electron chi connectivity index (χ0n) is 20.4. The van der Waals surface area contributed by atoms with Crippen LogP contribution in [0.15, 0.2) is 84.7 Å². The van der Waals surface area contributed by atoms with E-state index in [0.717, 1.165) is 36.7 Å². The van der Waals surface area contributed by atoms with Crippen molar-refractivity contribution >= 4 is 0 Å². The van der Waals surface area contributed by atoms with Crippen molar-refractivity contribution < 1.29 is 18.9 Å². The monoisotopic (exact) mass is 458 g/mol. The molecule has 2 saturated heterocycles. The van der Waals surface area contributed by atoms with E-state index in [1.807, 2.05) is 13.0 Å². The minimum absolute atomic E-state index is 0.0236. The molecule has 2 heterocycles. The number of rotatable bonds is 10. The van der Waals surface area contributed by atoms with Gasteiger partial charge in [0.25, 0.3) is 0 Å². The van der Waals surface area contributed by atoms with Gasteiger partial charge in [0.05, 0.1) is 19.0 Å². The topological polar surface area (TPSA) is 43.5 Å². The maximum Gasteiger partial charge on any atom is 0.119 e. The maximum atomic E-state index is 5.91. The van der Waals surface area contributed by atoms with Gasteiger partial charge in [-0.05, 0) is 59.2 Å². The molecule has 0 aromatic heterocycles. The van der Waals surface area contributed by atoms with Crippen LogP contribution in [0.25, 0.3) is 0 Å². The Morgan fingerprint density at radius 2 is 1.62 bits per heavy atom. The fraction of sp³-hybridized carbons (Fsp3) is 0.400. The van der Waals surface area contributed by atoms with Crippen LogP contribution < -0.4 is 4.74 Å². The lowest BCUT2D eigenvalue weighted by molar-refractivity contribution is 0.184. The molecule has 3 atom stereocenters. The quantitative estimate of drug-likeness (QED) is 0.254. The highest BCUT2D eigenvalue weighted by atomic mass is 16.6. The Morgan fingerprint density at radius 3 is 2.26 bits per heavy atom. The van der Waals surface area contributed by atoms with Crippen molar-refractivity contribution in [3.05, 3.63) is 101 Å². The van der Waals surface area contributed by atoms with E-state index in [0.29, 0.717) is 13.2 Å². The van der Waals surface area contributed by atoms with Gasteiger partial charge in [-0.25, -0.2) is 0 Å². The first-order valence-corrected chi connectivity index (χ1v) is 12.1. The Labute approximate surface area is 202 Å². The standard InChI is InChI=1S/C30H34O4/c1-5-22(11-10-21(2)31-16-25-18-33-25)30(20-29(3,4)27-8-6-7-9-28(27)30)23-12-14-24(15-13-23)32-17-26-19-34-26/h5-15,25-26H,1,16-20H2,2-4H3/b21-10+,22-11+. The summed E-state index contributed by atoms with van der Waals surface area (Å²) in [4.78, 5) is 0. The summed E-state index contributed by atoms with van der Waals surface area (Å²) in [6.45, 7) is 13.7. The molecule has 3 unspecified atom stereocenters. The SMILES string of the molecule is C=C/C(=C\C=C(/C)OCC1CO1)C1(c2ccc(OCC3CO3)cc2)CC(C)(C)c2ccccc21. The minimum Gasteiger partial charge on any atom is -0.495 e. The molecule has 178 valence electrons. The highest BCUT2D eigenvalue weighted by Crippen LogP contribution is 2.56. The fourth-order valence-corrected chi connectivity index (χ4v) is 5.20. The molecule has 4 heteroatoms. The lowest BCUT2D eigenvalue weighted by Crippen LogP contribution is -2.29. The summed E-state index contributed by atoms with van der Waals surface area (Å²) in [5, 5.41) is 0. The number of fused-ring (bicyclic) bond motifs is 1. The molecule has 5 rings (SSSR count). The molecule has 0 spiro atoms. The van der Waals surface area contributed by atoms with E-state index < -0.39 is 0 Å². The smallest absolute Gasteiger partial charge is 0.119 e. The molecule has 0 bridgehead atoms. The molecule has 0 amide bonds. The number of hydrogen-bond acceptors (Lipinski definition) is 4. The second-order valence-electron chi connectivity index (χ2n) is 10.2. The molecule has 2 aromatic carbocycles. The molecule has 2 aromatic rings. The van der Waals surface area contributed by atoms with Crippen LogP contribution in [-0.4, -0.2) is 38.6 Å². The summed E-state index contributed by atoms with van der Waals surface area (Å²) >= 11 is 0. The molecule has 1 aliphatic carbocycles. The van der Waals surface area contributed by atoms with E-state index in [1.165, 1.54) is 16.7 Å². The average molecular weight is 459 g/mol. The van der Waals surface area contributed by atoms with Gasteiger partial charge in [-0.2, -0.15) is 0 Å². The van der Waals surface area contributed by atoms with Crippen LogP contribution in [0.1, 0.15) is 43.9 Å². The van der Waals surface area contributed by atoms with Crippen molar-refractivity contribution in [3.63, 3.8) is 0 Å². The Hall–Kier alpha value is -2.82. The fourth-order valence-electron chi connectivity index (χ4n) is 5.20. The van der Waals surface area contributed by atoms with E-state index in [-0.39, 0.29) is 23.0 Å². The highest BCUT2D eigenvalue weighted by Gasteiger charge is 2.50. The summed E-state index contributed by atoms with van der Waals surface area (Å²) in [5.74, 6) is 1.75. The average Bonchev–Trinajstić information content (AvgIpc) is 3.76. The summed E-state index contributed by atoms with van der Waals surface area (Å²) in [7, 11) is 0. The molecule has 0 N–H and O–H groups in total. The third kappa shape index (κ3) is 4.57. The van der Waals surface area contributed by atoms with Crippen molar-refractivity contribution in [2.75, 3.05) is 26.4 Å². The first-order chi connectivity index (χ1) is 16.4. The van der Waals surface area contributed by atoms with Crippen LogP contribution >= 0.6 is 0 Å². The number of benzene rings is 2. The van der Waals surface area contributed by atoms with Gasteiger partial charge in [0, 0.05) is 5.41 Å². The summed E-state index contributed by atoms with van der Waals surface area (Å²) in [6, 6.07) is 17.4. The van der Waals surface area contributed by atoms with E-state index in [9.17, 15) is 0 Å². The number of allylic oxidation sites excluding steroid dienone is 5. The molecule has 2 aliphatic heterocycles. The summed E-state index contributed by atoms with van der Waals surface area (Å²) in [5.41, 5.74) is 4.84. The predicted octanol–water partition coefficient (Wildman–Crippen LogP) is 5.86. The first kappa shape index (κ1) is 22.9. The Kier molecular flexibility index (Phi) is 6.13. The zero-order chi connectivity index (χ0) is 23.8. The Bertz CT molecular complexity index is 1100. The van der Waals surface area contributed by atoms with Gasteiger partial charge in [-0.1, -0.05) is 69.0 Å². The van der Waals surface area contributed by atoms with Crippen molar-refractivity contribution in [3.8, 4) is 5.75 Å². The molecular formula is C30H34O4. The van der Waals surface area contributed by atoms with E-state index in [1.54, 1.807) is 0 Å². The molecule has 0 saturated carbocycles. The van der Waals surface area contributed by atoms with Crippen LogP contribution in [0, 0.1) is 0 Å². The van der Waals surface area contributed by atoms with Gasteiger partial charge in [0.2, 0.25) is 0 Å². The van der Waals surface area contributed by atoms with Gasteiger partial charge in [0.15, 0.2) is 0 Å². The second kappa shape index (κ2) is 9.09. The van der Waals surface area contributed by atoms with E-state index >= 15 is 0 Å². The number of epoxide rings is 2. The minimum atomic E-state index is -0.309.